The van der Waals surface area contributed by atoms with Crippen LogP contribution in [-0.4, -0.2) is 17.4 Å². The molecular formula is C23H19NO2. The number of rotatable bonds is 6. The smallest absolute Gasteiger partial charge is 0.194 e. The van der Waals surface area contributed by atoms with Crippen LogP contribution in [0.25, 0.3) is 11.6 Å². The SMILES string of the molecule is O=C1C(c2cccnc2)=Cc2ccc(OCCCc3ccccc3)cc21. The fourth-order valence-corrected chi connectivity index (χ4v) is 3.16. The van der Waals surface area contributed by atoms with Crippen molar-refractivity contribution in [3.8, 4) is 5.75 Å². The predicted octanol–water partition coefficient (Wildman–Crippen LogP) is 4.83. The Morgan fingerprint density at radius 3 is 2.65 bits per heavy atom. The van der Waals surface area contributed by atoms with E-state index >= 15 is 0 Å². The molecule has 3 nitrogen and oxygen atoms in total. The maximum Gasteiger partial charge on any atom is 0.194 e. The van der Waals surface area contributed by atoms with Crippen LogP contribution in [0.4, 0.5) is 0 Å². The number of benzene rings is 2. The van der Waals surface area contributed by atoms with Gasteiger partial charge in [0.15, 0.2) is 5.78 Å². The average Bonchev–Trinajstić information content (AvgIpc) is 3.03. The number of nitrogens with zero attached hydrogens (tertiary/aromatic N) is 1. The van der Waals surface area contributed by atoms with E-state index in [9.17, 15) is 4.79 Å². The summed E-state index contributed by atoms with van der Waals surface area (Å²) in [5.41, 5.74) is 4.48. The number of fused-ring (bicyclic) bond motifs is 1. The number of hydrogen-bond donors (Lipinski definition) is 0. The Kier molecular flexibility index (Phi) is 4.61. The molecule has 2 aromatic carbocycles. The third-order valence-corrected chi connectivity index (χ3v) is 4.51. The lowest BCUT2D eigenvalue weighted by Gasteiger charge is -2.08. The molecule has 0 unspecified atom stereocenters. The van der Waals surface area contributed by atoms with E-state index in [4.69, 9.17) is 4.74 Å². The fraction of sp³-hybridized carbons (Fsp3) is 0.130. The Labute approximate surface area is 153 Å². The van der Waals surface area contributed by atoms with E-state index in [0.29, 0.717) is 17.7 Å². The molecule has 0 spiro atoms. The molecule has 0 fully saturated rings. The second-order valence-corrected chi connectivity index (χ2v) is 6.32. The molecule has 26 heavy (non-hydrogen) atoms. The Balaban J connectivity index is 1.39. The molecule has 1 aliphatic rings. The number of ketones is 1. The van der Waals surface area contributed by atoms with E-state index in [2.05, 4.69) is 29.2 Å². The van der Waals surface area contributed by atoms with Crippen LogP contribution in [0.15, 0.2) is 73.1 Å². The van der Waals surface area contributed by atoms with Gasteiger partial charge in [0.05, 0.1) is 6.61 Å². The van der Waals surface area contributed by atoms with Crippen LogP contribution in [0.3, 0.4) is 0 Å². The highest BCUT2D eigenvalue weighted by Gasteiger charge is 2.24. The first-order chi connectivity index (χ1) is 12.8. The van der Waals surface area contributed by atoms with Crippen molar-refractivity contribution < 1.29 is 9.53 Å². The third kappa shape index (κ3) is 3.42. The molecule has 1 aliphatic carbocycles. The van der Waals surface area contributed by atoms with Gasteiger partial charge in [0.2, 0.25) is 0 Å². The van der Waals surface area contributed by atoms with E-state index in [1.807, 2.05) is 42.5 Å². The lowest BCUT2D eigenvalue weighted by Crippen LogP contribution is -2.02. The van der Waals surface area contributed by atoms with Crippen molar-refractivity contribution in [2.45, 2.75) is 12.8 Å². The summed E-state index contributed by atoms with van der Waals surface area (Å²) in [7, 11) is 0. The Morgan fingerprint density at radius 1 is 0.962 bits per heavy atom. The van der Waals surface area contributed by atoms with Gasteiger partial charge in [0.25, 0.3) is 0 Å². The summed E-state index contributed by atoms with van der Waals surface area (Å²) in [5, 5.41) is 0. The van der Waals surface area contributed by atoms with Crippen molar-refractivity contribution in [2.75, 3.05) is 6.61 Å². The van der Waals surface area contributed by atoms with Gasteiger partial charge < -0.3 is 4.74 Å². The molecule has 0 atom stereocenters. The lowest BCUT2D eigenvalue weighted by molar-refractivity contribution is 0.105. The largest absolute Gasteiger partial charge is 0.494 e. The zero-order valence-electron chi connectivity index (χ0n) is 14.4. The monoisotopic (exact) mass is 341 g/mol. The maximum atomic E-state index is 12.7. The van der Waals surface area contributed by atoms with Crippen LogP contribution in [-0.2, 0) is 6.42 Å². The average molecular weight is 341 g/mol. The summed E-state index contributed by atoms with van der Waals surface area (Å²) in [6.45, 7) is 0.630. The molecule has 0 saturated heterocycles. The second-order valence-electron chi connectivity index (χ2n) is 6.32. The number of aryl methyl sites for hydroxylation is 1. The summed E-state index contributed by atoms with van der Waals surface area (Å²) >= 11 is 0. The summed E-state index contributed by atoms with van der Waals surface area (Å²) < 4.78 is 5.85. The molecule has 0 bridgehead atoms. The van der Waals surface area contributed by atoms with Crippen LogP contribution in [0.2, 0.25) is 0 Å². The van der Waals surface area contributed by atoms with Gasteiger partial charge in [-0.05, 0) is 48.2 Å². The number of Topliss-reactive ketones (excluding diaryl/α,β-unsaturated/α-hetero) is 1. The molecule has 3 aromatic rings. The minimum absolute atomic E-state index is 0.0303. The zero-order valence-corrected chi connectivity index (χ0v) is 14.4. The number of allylic oxidation sites excluding steroid dienone is 1. The maximum absolute atomic E-state index is 12.7. The van der Waals surface area contributed by atoms with E-state index < -0.39 is 0 Å². The molecule has 3 heteroatoms. The summed E-state index contributed by atoms with van der Waals surface area (Å²) in [4.78, 5) is 16.8. The van der Waals surface area contributed by atoms with E-state index in [1.54, 1.807) is 12.4 Å². The summed E-state index contributed by atoms with van der Waals surface area (Å²) in [6, 6.07) is 19.8. The molecular weight excluding hydrogens is 322 g/mol. The first-order valence-electron chi connectivity index (χ1n) is 8.79. The van der Waals surface area contributed by atoms with Crippen LogP contribution >= 0.6 is 0 Å². The topological polar surface area (TPSA) is 39.2 Å². The Morgan fingerprint density at radius 2 is 1.85 bits per heavy atom. The molecule has 0 radical (unpaired) electrons. The quantitative estimate of drug-likeness (QED) is 0.603. The van der Waals surface area contributed by atoms with Crippen LogP contribution in [0, 0.1) is 0 Å². The zero-order chi connectivity index (χ0) is 17.8. The van der Waals surface area contributed by atoms with Crippen LogP contribution in [0.5, 0.6) is 5.75 Å². The molecule has 0 amide bonds. The highest BCUT2D eigenvalue weighted by atomic mass is 16.5. The molecule has 1 aromatic heterocycles. The fourth-order valence-electron chi connectivity index (χ4n) is 3.16. The van der Waals surface area contributed by atoms with Gasteiger partial charge in [0, 0.05) is 29.1 Å². The van der Waals surface area contributed by atoms with Crippen molar-refractivity contribution in [3.63, 3.8) is 0 Å². The Bertz CT molecular complexity index is 946. The molecule has 0 saturated carbocycles. The first-order valence-corrected chi connectivity index (χ1v) is 8.79. The van der Waals surface area contributed by atoms with E-state index in [-0.39, 0.29) is 5.78 Å². The van der Waals surface area contributed by atoms with Gasteiger partial charge in [-0.1, -0.05) is 42.5 Å². The van der Waals surface area contributed by atoms with Crippen molar-refractivity contribution in [3.05, 3.63) is 95.3 Å². The molecule has 1 heterocycles. The van der Waals surface area contributed by atoms with E-state index in [1.165, 1.54) is 5.56 Å². The standard InChI is InChI=1S/C23H19NO2/c25-23-21(19-9-4-12-24-16-19)14-18-10-11-20(15-22(18)23)26-13-5-8-17-6-2-1-3-7-17/h1-4,6-7,9-12,14-16H,5,8,13H2. The van der Waals surface area contributed by atoms with Gasteiger partial charge in [-0.25, -0.2) is 0 Å². The van der Waals surface area contributed by atoms with Crippen molar-refractivity contribution in [2.24, 2.45) is 0 Å². The van der Waals surface area contributed by atoms with Gasteiger partial charge in [-0.3, -0.25) is 9.78 Å². The number of ether oxygens (including phenoxy) is 1. The Hall–Kier alpha value is -3.20. The normalized spacial score (nSPS) is 12.6. The minimum Gasteiger partial charge on any atom is -0.494 e. The van der Waals surface area contributed by atoms with Crippen LogP contribution < -0.4 is 4.74 Å². The van der Waals surface area contributed by atoms with Crippen molar-refractivity contribution in [1.29, 1.82) is 0 Å². The number of carbonyl (C=O) groups excluding carboxylic acids is 1. The molecule has 0 aliphatic heterocycles. The lowest BCUT2D eigenvalue weighted by atomic mass is 10.0. The molecule has 4 rings (SSSR count). The highest BCUT2D eigenvalue weighted by molar-refractivity contribution is 6.37. The third-order valence-electron chi connectivity index (χ3n) is 4.51. The van der Waals surface area contributed by atoms with Crippen molar-refractivity contribution >= 4 is 17.4 Å². The first kappa shape index (κ1) is 16.3. The number of carbonyl (C=O) groups is 1. The number of hydrogen-bond acceptors (Lipinski definition) is 3. The van der Waals surface area contributed by atoms with E-state index in [0.717, 1.165) is 29.7 Å². The highest BCUT2D eigenvalue weighted by Crippen LogP contribution is 2.33. The number of aromatic nitrogens is 1. The minimum atomic E-state index is 0.0303. The van der Waals surface area contributed by atoms with Crippen molar-refractivity contribution in [1.82, 2.24) is 4.98 Å². The molecule has 0 N–H and O–H groups in total. The van der Waals surface area contributed by atoms with Gasteiger partial charge in [-0.15, -0.1) is 0 Å². The van der Waals surface area contributed by atoms with Gasteiger partial charge >= 0.3 is 0 Å². The van der Waals surface area contributed by atoms with Gasteiger partial charge in [0.1, 0.15) is 5.75 Å². The second kappa shape index (κ2) is 7.36. The summed E-state index contributed by atoms with van der Waals surface area (Å²) in [5.74, 6) is 0.772. The van der Waals surface area contributed by atoms with Gasteiger partial charge in [-0.2, -0.15) is 0 Å². The summed E-state index contributed by atoms with van der Waals surface area (Å²) in [6.07, 6.45) is 7.27. The predicted molar refractivity (Wildman–Crippen MR) is 103 cm³/mol. The van der Waals surface area contributed by atoms with Crippen LogP contribution in [0.1, 0.15) is 33.5 Å². The number of pyridine rings is 1. The molecule has 128 valence electrons.